The van der Waals surface area contributed by atoms with Crippen LogP contribution in [-0.2, 0) is 6.42 Å². The van der Waals surface area contributed by atoms with E-state index in [4.69, 9.17) is 4.74 Å². The molecule has 1 aliphatic rings. The van der Waals surface area contributed by atoms with Crippen LogP contribution in [0.15, 0.2) is 18.2 Å². The normalized spacial score (nSPS) is 22.5. The zero-order valence-electron chi connectivity index (χ0n) is 13.5. The van der Waals surface area contributed by atoms with E-state index >= 15 is 0 Å². The summed E-state index contributed by atoms with van der Waals surface area (Å²) >= 11 is 0. The molecule has 1 N–H and O–H groups in total. The molecule has 1 aromatic carbocycles. The van der Waals surface area contributed by atoms with E-state index in [1.165, 1.54) is 32.8 Å². The van der Waals surface area contributed by atoms with Crippen LogP contribution in [-0.4, -0.2) is 19.7 Å². The Labute approximate surface area is 128 Å². The van der Waals surface area contributed by atoms with Gasteiger partial charge in [-0.3, -0.25) is 0 Å². The van der Waals surface area contributed by atoms with E-state index in [9.17, 15) is 4.39 Å². The van der Waals surface area contributed by atoms with E-state index in [1.807, 2.05) is 6.07 Å². The number of hydrogen-bond acceptors (Lipinski definition) is 2. The molecule has 1 aromatic rings. The van der Waals surface area contributed by atoms with E-state index in [0.29, 0.717) is 23.6 Å². The first kappa shape index (κ1) is 16.3. The van der Waals surface area contributed by atoms with Crippen molar-refractivity contribution in [3.05, 3.63) is 29.6 Å². The third-order valence-corrected chi connectivity index (χ3v) is 4.57. The molecule has 21 heavy (non-hydrogen) atoms. The molecule has 0 spiro atoms. The van der Waals surface area contributed by atoms with Crippen molar-refractivity contribution in [3.8, 4) is 5.75 Å². The van der Waals surface area contributed by atoms with Crippen LogP contribution in [0.5, 0.6) is 5.75 Å². The molecule has 2 atom stereocenters. The Morgan fingerprint density at radius 3 is 2.57 bits per heavy atom. The number of halogens is 1. The Morgan fingerprint density at radius 1 is 1.24 bits per heavy atom. The van der Waals surface area contributed by atoms with Crippen molar-refractivity contribution in [2.24, 2.45) is 11.8 Å². The fourth-order valence-corrected chi connectivity index (χ4v) is 3.35. The molecule has 1 saturated carbocycles. The van der Waals surface area contributed by atoms with Crippen molar-refractivity contribution in [1.29, 1.82) is 0 Å². The van der Waals surface area contributed by atoms with Crippen LogP contribution in [0.25, 0.3) is 0 Å². The third kappa shape index (κ3) is 4.70. The monoisotopic (exact) mass is 293 g/mol. The van der Waals surface area contributed by atoms with E-state index < -0.39 is 0 Å². The number of benzene rings is 1. The highest BCUT2D eigenvalue weighted by Gasteiger charge is 2.25. The average Bonchev–Trinajstić information content (AvgIpc) is 2.46. The third-order valence-electron chi connectivity index (χ3n) is 4.57. The molecule has 2 unspecified atom stereocenters. The van der Waals surface area contributed by atoms with E-state index in [2.05, 4.69) is 19.2 Å². The molecule has 2 nitrogen and oxygen atoms in total. The molecule has 1 fully saturated rings. The van der Waals surface area contributed by atoms with Crippen LogP contribution in [0, 0.1) is 17.7 Å². The van der Waals surface area contributed by atoms with E-state index in [1.54, 1.807) is 12.1 Å². The van der Waals surface area contributed by atoms with Crippen LogP contribution in [0.1, 0.15) is 45.1 Å². The molecule has 0 amide bonds. The quantitative estimate of drug-likeness (QED) is 0.849. The highest BCUT2D eigenvalue weighted by molar-refractivity contribution is 5.29. The van der Waals surface area contributed by atoms with Gasteiger partial charge in [0.25, 0.3) is 0 Å². The molecule has 2 rings (SSSR count). The van der Waals surface area contributed by atoms with Gasteiger partial charge in [0.1, 0.15) is 0 Å². The minimum atomic E-state index is -0.248. The average molecular weight is 293 g/mol. The summed E-state index contributed by atoms with van der Waals surface area (Å²) in [5.41, 5.74) is 1.09. The van der Waals surface area contributed by atoms with Crippen molar-refractivity contribution in [3.63, 3.8) is 0 Å². The summed E-state index contributed by atoms with van der Waals surface area (Å²) in [6.45, 7) is 5.47. The first-order valence-corrected chi connectivity index (χ1v) is 8.16. The highest BCUT2D eigenvalue weighted by Crippen LogP contribution is 2.33. The maximum absolute atomic E-state index is 13.8. The number of hydrogen-bond donors (Lipinski definition) is 1. The van der Waals surface area contributed by atoms with E-state index in [-0.39, 0.29) is 5.82 Å². The zero-order chi connectivity index (χ0) is 15.2. The maximum atomic E-state index is 13.8. The smallest absolute Gasteiger partial charge is 0.165 e. The van der Waals surface area contributed by atoms with E-state index in [0.717, 1.165) is 18.5 Å². The summed E-state index contributed by atoms with van der Waals surface area (Å²) in [7, 11) is 1.51. The molecular weight excluding hydrogens is 265 g/mol. The molecule has 1 aliphatic carbocycles. The summed E-state index contributed by atoms with van der Waals surface area (Å²) < 4.78 is 18.8. The fraction of sp³-hybridized carbons (Fsp3) is 0.667. The maximum Gasteiger partial charge on any atom is 0.165 e. The van der Waals surface area contributed by atoms with Crippen molar-refractivity contribution in [2.75, 3.05) is 13.7 Å². The standard InChI is InChI=1S/C18H28FNO/c1-13(2)20-12-16-7-5-4-6-15(16)10-14-8-9-18(21-3)17(19)11-14/h8-9,11,13,15-16,20H,4-7,10,12H2,1-3H3. The molecule has 0 heterocycles. The van der Waals surface area contributed by atoms with Crippen molar-refractivity contribution >= 4 is 0 Å². The summed E-state index contributed by atoms with van der Waals surface area (Å²) in [4.78, 5) is 0. The summed E-state index contributed by atoms with van der Waals surface area (Å²) in [6.07, 6.45) is 6.17. The van der Waals surface area contributed by atoms with Crippen LogP contribution in [0.2, 0.25) is 0 Å². The summed E-state index contributed by atoms with van der Waals surface area (Å²) in [5.74, 6) is 1.46. The lowest BCUT2D eigenvalue weighted by Crippen LogP contribution is -2.34. The van der Waals surface area contributed by atoms with Crippen molar-refractivity contribution < 1.29 is 9.13 Å². The van der Waals surface area contributed by atoms with Gasteiger partial charge in [0.05, 0.1) is 7.11 Å². The topological polar surface area (TPSA) is 21.3 Å². The van der Waals surface area contributed by atoms with Crippen molar-refractivity contribution in [2.45, 2.75) is 52.0 Å². The molecule has 0 aliphatic heterocycles. The van der Waals surface area contributed by atoms with Crippen molar-refractivity contribution in [1.82, 2.24) is 5.32 Å². The van der Waals surface area contributed by atoms with Gasteiger partial charge in [-0.05, 0) is 55.3 Å². The fourth-order valence-electron chi connectivity index (χ4n) is 3.35. The predicted octanol–water partition coefficient (Wildman–Crippen LogP) is 4.18. The molecule has 0 bridgehead atoms. The summed E-state index contributed by atoms with van der Waals surface area (Å²) in [5, 5.41) is 3.57. The van der Waals surface area contributed by atoms with Gasteiger partial charge >= 0.3 is 0 Å². The lowest BCUT2D eigenvalue weighted by molar-refractivity contribution is 0.224. The van der Waals surface area contributed by atoms with Crippen LogP contribution in [0.3, 0.4) is 0 Å². The second-order valence-electron chi connectivity index (χ2n) is 6.54. The van der Waals surface area contributed by atoms with Gasteiger partial charge in [0.2, 0.25) is 0 Å². The lowest BCUT2D eigenvalue weighted by atomic mass is 9.76. The molecule has 118 valence electrons. The van der Waals surface area contributed by atoms with Gasteiger partial charge in [0.15, 0.2) is 11.6 Å². The molecule has 0 aromatic heterocycles. The summed E-state index contributed by atoms with van der Waals surface area (Å²) in [6, 6.07) is 5.92. The minimum absolute atomic E-state index is 0.248. The predicted molar refractivity (Wildman–Crippen MR) is 85.2 cm³/mol. The second kappa shape index (κ2) is 7.79. The number of rotatable bonds is 6. The van der Waals surface area contributed by atoms with Gasteiger partial charge in [-0.15, -0.1) is 0 Å². The first-order valence-electron chi connectivity index (χ1n) is 8.16. The largest absolute Gasteiger partial charge is 0.494 e. The van der Waals surface area contributed by atoms with Gasteiger partial charge in [-0.2, -0.15) is 0 Å². The highest BCUT2D eigenvalue weighted by atomic mass is 19.1. The Bertz CT molecular complexity index is 447. The number of methoxy groups -OCH3 is 1. The van der Waals surface area contributed by atoms with Crippen LogP contribution in [0.4, 0.5) is 4.39 Å². The first-order chi connectivity index (χ1) is 10.1. The molecular formula is C18H28FNO. The Hall–Kier alpha value is -1.09. The molecule has 0 radical (unpaired) electrons. The molecule has 3 heteroatoms. The van der Waals surface area contributed by atoms with Gasteiger partial charge < -0.3 is 10.1 Å². The van der Waals surface area contributed by atoms with Gasteiger partial charge in [-0.25, -0.2) is 4.39 Å². The Kier molecular flexibility index (Phi) is 6.04. The van der Waals surface area contributed by atoms with Gasteiger partial charge in [0, 0.05) is 6.04 Å². The zero-order valence-corrected chi connectivity index (χ0v) is 13.5. The molecule has 0 saturated heterocycles. The SMILES string of the molecule is COc1ccc(CC2CCCCC2CNC(C)C)cc1F. The Morgan fingerprint density at radius 2 is 1.95 bits per heavy atom. The van der Waals surface area contributed by atoms with Gasteiger partial charge in [-0.1, -0.05) is 32.8 Å². The number of ether oxygens (including phenoxy) is 1. The number of nitrogens with one attached hydrogen (secondary N) is 1. The second-order valence-corrected chi connectivity index (χ2v) is 6.54. The van der Waals surface area contributed by atoms with Crippen LogP contribution < -0.4 is 10.1 Å². The Balaban J connectivity index is 1.99. The van der Waals surface area contributed by atoms with Crippen LogP contribution >= 0.6 is 0 Å². The lowest BCUT2D eigenvalue weighted by Gasteiger charge is -2.32. The minimum Gasteiger partial charge on any atom is -0.494 e.